The lowest BCUT2D eigenvalue weighted by atomic mass is 9.78. The predicted octanol–water partition coefficient (Wildman–Crippen LogP) is -0.0497. The topological polar surface area (TPSA) is 53.2 Å². The van der Waals surface area contributed by atoms with E-state index in [0.29, 0.717) is 11.0 Å². The maximum Gasteiger partial charge on any atom is 0.492 e. The third-order valence-corrected chi connectivity index (χ3v) is 2.18. The van der Waals surface area contributed by atoms with Crippen molar-refractivity contribution in [3.8, 4) is 18.4 Å². The van der Waals surface area contributed by atoms with Gasteiger partial charge in [0.25, 0.3) is 0 Å². The van der Waals surface area contributed by atoms with Gasteiger partial charge in [-0.25, -0.2) is 0 Å². The van der Waals surface area contributed by atoms with Crippen molar-refractivity contribution in [1.82, 2.24) is 0 Å². The summed E-state index contributed by atoms with van der Waals surface area (Å²) in [6.07, 6.45) is 4.72. The molecule has 0 spiro atoms. The van der Waals surface area contributed by atoms with Gasteiger partial charge in [0.2, 0.25) is 0 Å². The summed E-state index contributed by atoms with van der Waals surface area (Å²) in [7, 11) is -1.01. The van der Waals surface area contributed by atoms with E-state index in [4.69, 9.17) is 16.3 Å². The number of fused-ring (bicyclic) bond motifs is 1. The molecule has 66 valence electrons. The second-order valence-electron chi connectivity index (χ2n) is 2.99. The molecule has 3 nitrogen and oxygen atoms in total. The molecule has 0 aromatic heterocycles. The van der Waals surface area contributed by atoms with Gasteiger partial charge in [-0.15, -0.1) is 6.42 Å². The number of hydrogen-bond donors (Lipinski definition) is 1. The Morgan fingerprint density at radius 3 is 3.00 bits per heavy atom. The fourth-order valence-corrected chi connectivity index (χ4v) is 1.50. The SMILES string of the molecule is C#CC1OB(O)c2cc(C#N)ccc21. The van der Waals surface area contributed by atoms with Crippen LogP contribution in [0.2, 0.25) is 0 Å². The van der Waals surface area contributed by atoms with Gasteiger partial charge in [0, 0.05) is 0 Å². The van der Waals surface area contributed by atoms with Gasteiger partial charge in [-0.05, 0) is 23.2 Å². The van der Waals surface area contributed by atoms with Crippen LogP contribution in [-0.2, 0) is 4.65 Å². The van der Waals surface area contributed by atoms with E-state index in [1.165, 1.54) is 0 Å². The molecule has 0 fully saturated rings. The molecule has 2 rings (SSSR count). The van der Waals surface area contributed by atoms with Gasteiger partial charge in [0.15, 0.2) is 0 Å². The van der Waals surface area contributed by atoms with E-state index >= 15 is 0 Å². The molecule has 1 aliphatic rings. The minimum atomic E-state index is -1.01. The van der Waals surface area contributed by atoms with Gasteiger partial charge in [-0.1, -0.05) is 12.0 Å². The lowest BCUT2D eigenvalue weighted by molar-refractivity contribution is 0.241. The summed E-state index contributed by atoms with van der Waals surface area (Å²) < 4.78 is 5.09. The lowest BCUT2D eigenvalue weighted by Gasteiger charge is -2.02. The number of rotatable bonds is 0. The van der Waals surface area contributed by atoms with Crippen LogP contribution in [-0.4, -0.2) is 12.1 Å². The van der Waals surface area contributed by atoms with Crippen molar-refractivity contribution in [3.63, 3.8) is 0 Å². The summed E-state index contributed by atoms with van der Waals surface area (Å²) >= 11 is 0. The zero-order valence-electron chi connectivity index (χ0n) is 7.27. The molecule has 0 amide bonds. The highest BCUT2D eigenvalue weighted by Gasteiger charge is 2.34. The van der Waals surface area contributed by atoms with Crippen LogP contribution in [0.15, 0.2) is 18.2 Å². The summed E-state index contributed by atoms with van der Waals surface area (Å²) in [4.78, 5) is 0. The molecule has 0 radical (unpaired) electrons. The van der Waals surface area contributed by atoms with Gasteiger partial charge in [0.05, 0.1) is 11.6 Å². The van der Waals surface area contributed by atoms with Crippen molar-refractivity contribution >= 4 is 12.6 Å². The molecular weight excluding hydrogens is 177 g/mol. The Kier molecular flexibility index (Phi) is 2.01. The Morgan fingerprint density at radius 1 is 1.57 bits per heavy atom. The third kappa shape index (κ3) is 1.18. The van der Waals surface area contributed by atoms with E-state index in [1.807, 2.05) is 6.07 Å². The summed E-state index contributed by atoms with van der Waals surface area (Å²) in [5.74, 6) is 2.42. The van der Waals surface area contributed by atoms with E-state index in [1.54, 1.807) is 18.2 Å². The average Bonchev–Trinajstić information content (AvgIpc) is 2.55. The van der Waals surface area contributed by atoms with Gasteiger partial charge in [0.1, 0.15) is 6.10 Å². The minimum Gasteiger partial charge on any atom is -0.423 e. The molecule has 1 unspecified atom stereocenters. The smallest absolute Gasteiger partial charge is 0.423 e. The molecule has 1 heterocycles. The first kappa shape index (κ1) is 8.84. The standard InChI is InChI=1S/C10H6BNO2/c1-2-10-8-4-3-7(6-12)5-9(8)11(13)14-10/h1,3-5,10,13H. The third-order valence-electron chi connectivity index (χ3n) is 2.18. The van der Waals surface area contributed by atoms with Crippen molar-refractivity contribution in [1.29, 1.82) is 5.26 Å². The highest BCUT2D eigenvalue weighted by atomic mass is 16.5. The van der Waals surface area contributed by atoms with Crippen molar-refractivity contribution in [2.45, 2.75) is 6.10 Å². The van der Waals surface area contributed by atoms with E-state index in [2.05, 4.69) is 5.92 Å². The van der Waals surface area contributed by atoms with Gasteiger partial charge < -0.3 is 9.68 Å². The average molecular weight is 183 g/mol. The zero-order chi connectivity index (χ0) is 10.1. The molecular formula is C10H6BNO2. The Bertz CT molecular complexity index is 458. The largest absolute Gasteiger partial charge is 0.492 e. The van der Waals surface area contributed by atoms with E-state index < -0.39 is 13.2 Å². The maximum absolute atomic E-state index is 9.48. The lowest BCUT2D eigenvalue weighted by Crippen LogP contribution is -2.28. The molecule has 14 heavy (non-hydrogen) atoms. The van der Waals surface area contributed by atoms with Crippen molar-refractivity contribution in [3.05, 3.63) is 29.3 Å². The first-order valence-corrected chi connectivity index (χ1v) is 4.10. The Labute approximate surface area is 82.1 Å². The molecule has 1 N–H and O–H groups in total. The monoisotopic (exact) mass is 183 g/mol. The molecule has 0 saturated heterocycles. The van der Waals surface area contributed by atoms with Crippen molar-refractivity contribution < 1.29 is 9.68 Å². The van der Waals surface area contributed by atoms with Gasteiger partial charge in [-0.3, -0.25) is 0 Å². The second-order valence-corrected chi connectivity index (χ2v) is 2.99. The quantitative estimate of drug-likeness (QED) is 0.453. The van der Waals surface area contributed by atoms with E-state index in [-0.39, 0.29) is 0 Å². The van der Waals surface area contributed by atoms with Crippen LogP contribution in [0.5, 0.6) is 0 Å². The van der Waals surface area contributed by atoms with E-state index in [9.17, 15) is 5.02 Å². The number of nitrogens with zero attached hydrogens (tertiary/aromatic N) is 1. The Balaban J connectivity index is 2.54. The van der Waals surface area contributed by atoms with Crippen molar-refractivity contribution in [2.75, 3.05) is 0 Å². The highest BCUT2D eigenvalue weighted by Crippen LogP contribution is 2.22. The van der Waals surface area contributed by atoms with Crippen LogP contribution < -0.4 is 5.46 Å². The van der Waals surface area contributed by atoms with Crippen molar-refractivity contribution in [2.24, 2.45) is 0 Å². The molecule has 4 heteroatoms. The summed E-state index contributed by atoms with van der Waals surface area (Å²) in [6.45, 7) is 0. The van der Waals surface area contributed by atoms with Crippen LogP contribution in [0, 0.1) is 23.7 Å². The van der Waals surface area contributed by atoms with Crippen LogP contribution in [0.1, 0.15) is 17.2 Å². The first-order valence-electron chi connectivity index (χ1n) is 4.10. The van der Waals surface area contributed by atoms with Crippen LogP contribution in [0.25, 0.3) is 0 Å². The molecule has 0 bridgehead atoms. The summed E-state index contributed by atoms with van der Waals surface area (Å²) in [6, 6.07) is 6.96. The van der Waals surface area contributed by atoms with E-state index in [0.717, 1.165) is 5.56 Å². The minimum absolute atomic E-state index is 0.490. The first-order chi connectivity index (χ1) is 6.76. The zero-order valence-corrected chi connectivity index (χ0v) is 7.27. The van der Waals surface area contributed by atoms with Gasteiger partial charge in [-0.2, -0.15) is 5.26 Å². The van der Waals surface area contributed by atoms with Crippen LogP contribution in [0.4, 0.5) is 0 Å². The predicted molar refractivity (Wildman–Crippen MR) is 51.4 cm³/mol. The molecule has 1 atom stereocenters. The molecule has 0 aliphatic carbocycles. The molecule has 1 aliphatic heterocycles. The number of terminal acetylenes is 1. The molecule has 0 saturated carbocycles. The van der Waals surface area contributed by atoms with Gasteiger partial charge >= 0.3 is 7.12 Å². The molecule has 1 aromatic rings. The summed E-state index contributed by atoms with van der Waals surface area (Å²) in [5.41, 5.74) is 1.84. The molecule has 1 aromatic carbocycles. The number of benzene rings is 1. The Hall–Kier alpha value is -1.75. The van der Waals surface area contributed by atoms with Crippen LogP contribution in [0.3, 0.4) is 0 Å². The maximum atomic E-state index is 9.48. The number of nitriles is 1. The normalized spacial score (nSPS) is 18.5. The fourth-order valence-electron chi connectivity index (χ4n) is 1.50. The number of hydrogen-bond acceptors (Lipinski definition) is 3. The highest BCUT2D eigenvalue weighted by molar-refractivity contribution is 6.61. The summed E-state index contributed by atoms with van der Waals surface area (Å²) in [5, 5.41) is 18.1. The fraction of sp³-hybridized carbons (Fsp3) is 0.100. The Morgan fingerprint density at radius 2 is 2.36 bits per heavy atom. The second kappa shape index (κ2) is 3.19. The van der Waals surface area contributed by atoms with Crippen LogP contribution >= 0.6 is 0 Å².